The fourth-order valence-corrected chi connectivity index (χ4v) is 2.42. The zero-order valence-corrected chi connectivity index (χ0v) is 11.6. The Balaban J connectivity index is 2.30. The number of ether oxygens (including phenoxy) is 1. The molecule has 2 rings (SSSR count). The second-order valence-corrected chi connectivity index (χ2v) is 4.83. The van der Waals surface area contributed by atoms with Crippen LogP contribution in [0.4, 0.5) is 11.4 Å². The molecular formula is C13H17ClN2O3. The second-order valence-electron chi connectivity index (χ2n) is 4.56. The van der Waals surface area contributed by atoms with Gasteiger partial charge < -0.3 is 9.64 Å². The van der Waals surface area contributed by atoms with E-state index in [0.29, 0.717) is 25.4 Å². The van der Waals surface area contributed by atoms with Crippen molar-refractivity contribution in [3.63, 3.8) is 0 Å². The monoisotopic (exact) mass is 284 g/mol. The van der Waals surface area contributed by atoms with Crippen molar-refractivity contribution >= 4 is 23.0 Å². The van der Waals surface area contributed by atoms with Crippen LogP contribution in [0.5, 0.6) is 0 Å². The summed E-state index contributed by atoms with van der Waals surface area (Å²) in [7, 11) is 0. The van der Waals surface area contributed by atoms with Crippen molar-refractivity contribution in [2.45, 2.75) is 25.3 Å². The predicted octanol–water partition coefficient (Wildman–Crippen LogP) is 2.95. The first kappa shape index (κ1) is 14.1. The Morgan fingerprint density at radius 3 is 3.00 bits per heavy atom. The van der Waals surface area contributed by atoms with E-state index in [9.17, 15) is 10.1 Å². The van der Waals surface area contributed by atoms with Gasteiger partial charge in [0.25, 0.3) is 5.69 Å². The summed E-state index contributed by atoms with van der Waals surface area (Å²) in [6, 6.07) is 5.18. The third-order valence-electron chi connectivity index (χ3n) is 3.33. The van der Waals surface area contributed by atoms with E-state index in [-0.39, 0.29) is 22.6 Å². The maximum Gasteiger partial charge on any atom is 0.292 e. The van der Waals surface area contributed by atoms with Gasteiger partial charge in [-0.05, 0) is 18.1 Å². The van der Waals surface area contributed by atoms with Crippen molar-refractivity contribution in [1.29, 1.82) is 0 Å². The Labute approximate surface area is 117 Å². The molecule has 19 heavy (non-hydrogen) atoms. The van der Waals surface area contributed by atoms with E-state index >= 15 is 0 Å². The molecule has 1 saturated heterocycles. The molecule has 0 amide bonds. The lowest BCUT2D eigenvalue weighted by atomic mass is 10.1. The van der Waals surface area contributed by atoms with Gasteiger partial charge in [-0.2, -0.15) is 0 Å². The number of anilines is 1. The maximum atomic E-state index is 11.2. The van der Waals surface area contributed by atoms with Gasteiger partial charge >= 0.3 is 0 Å². The minimum Gasteiger partial charge on any atom is -0.375 e. The number of hydrogen-bond acceptors (Lipinski definition) is 4. The van der Waals surface area contributed by atoms with Crippen molar-refractivity contribution in [2.75, 3.05) is 24.6 Å². The van der Waals surface area contributed by atoms with Gasteiger partial charge in [-0.15, -0.1) is 11.6 Å². The largest absolute Gasteiger partial charge is 0.375 e. The molecule has 1 atom stereocenters. The summed E-state index contributed by atoms with van der Waals surface area (Å²) in [6.07, 6.45) is 1.05. The van der Waals surface area contributed by atoms with E-state index in [4.69, 9.17) is 16.3 Å². The van der Waals surface area contributed by atoms with Gasteiger partial charge in [0.05, 0.1) is 17.6 Å². The third kappa shape index (κ3) is 3.16. The molecule has 0 aliphatic carbocycles. The summed E-state index contributed by atoms with van der Waals surface area (Å²) >= 11 is 5.73. The van der Waals surface area contributed by atoms with E-state index < -0.39 is 0 Å². The van der Waals surface area contributed by atoms with Crippen molar-refractivity contribution in [2.24, 2.45) is 0 Å². The number of nitro groups is 1. The number of benzene rings is 1. The number of halogens is 1. The molecule has 5 nitrogen and oxygen atoms in total. The Hall–Kier alpha value is -1.33. The van der Waals surface area contributed by atoms with Crippen LogP contribution in [-0.4, -0.2) is 30.7 Å². The van der Waals surface area contributed by atoms with Crippen molar-refractivity contribution < 1.29 is 9.66 Å². The molecule has 0 aromatic heterocycles. The van der Waals surface area contributed by atoms with Crippen LogP contribution in [0.25, 0.3) is 0 Å². The summed E-state index contributed by atoms with van der Waals surface area (Å²) in [6.45, 7) is 4.03. The highest BCUT2D eigenvalue weighted by Crippen LogP contribution is 2.31. The first-order chi connectivity index (χ1) is 9.15. The first-order valence-electron chi connectivity index (χ1n) is 6.35. The van der Waals surface area contributed by atoms with Gasteiger partial charge in [-0.3, -0.25) is 10.1 Å². The van der Waals surface area contributed by atoms with Gasteiger partial charge in [0.1, 0.15) is 5.69 Å². The number of rotatable bonds is 4. The number of nitrogens with zero attached hydrogens (tertiary/aromatic N) is 2. The predicted molar refractivity (Wildman–Crippen MR) is 74.9 cm³/mol. The molecular weight excluding hydrogens is 268 g/mol. The number of alkyl halides is 1. The normalized spacial score (nSPS) is 19.5. The van der Waals surface area contributed by atoms with Crippen LogP contribution < -0.4 is 4.90 Å². The zero-order chi connectivity index (χ0) is 13.8. The standard InChI is InChI=1S/C13H17ClN2O3/c1-2-11-9-15(5-6-19-11)12-4-3-10(8-14)7-13(12)16(17)18/h3-4,7,11H,2,5-6,8-9H2,1H3. The number of nitro benzene ring substituents is 1. The Morgan fingerprint density at radius 2 is 2.37 bits per heavy atom. The molecule has 0 bridgehead atoms. The van der Waals surface area contributed by atoms with Crippen molar-refractivity contribution in [1.82, 2.24) is 0 Å². The summed E-state index contributed by atoms with van der Waals surface area (Å²) < 4.78 is 5.59. The molecule has 1 unspecified atom stereocenters. The summed E-state index contributed by atoms with van der Waals surface area (Å²) in [5, 5.41) is 11.2. The van der Waals surface area contributed by atoms with Gasteiger partial charge in [0.15, 0.2) is 0 Å². The second kappa shape index (κ2) is 6.21. The van der Waals surface area contributed by atoms with E-state index in [0.717, 1.165) is 12.0 Å². The van der Waals surface area contributed by atoms with Crippen LogP contribution in [0, 0.1) is 10.1 Å². The zero-order valence-electron chi connectivity index (χ0n) is 10.8. The lowest BCUT2D eigenvalue weighted by Crippen LogP contribution is -2.42. The topological polar surface area (TPSA) is 55.6 Å². The lowest BCUT2D eigenvalue weighted by molar-refractivity contribution is -0.384. The molecule has 6 heteroatoms. The molecule has 104 valence electrons. The summed E-state index contributed by atoms with van der Waals surface area (Å²) in [5.74, 6) is 0.280. The minimum absolute atomic E-state index is 0.120. The van der Waals surface area contributed by atoms with E-state index in [1.165, 1.54) is 0 Å². The van der Waals surface area contributed by atoms with Crippen LogP contribution in [0.1, 0.15) is 18.9 Å². The fourth-order valence-electron chi connectivity index (χ4n) is 2.25. The lowest BCUT2D eigenvalue weighted by Gasteiger charge is -2.33. The molecule has 0 spiro atoms. The molecule has 0 saturated carbocycles. The van der Waals surface area contributed by atoms with Gasteiger partial charge in [-0.25, -0.2) is 0 Å². The Bertz CT molecular complexity index is 467. The Kier molecular flexibility index (Phi) is 4.61. The molecule has 1 fully saturated rings. The highest BCUT2D eigenvalue weighted by Gasteiger charge is 2.25. The molecule has 1 aliphatic heterocycles. The molecule has 1 aliphatic rings. The molecule has 0 N–H and O–H groups in total. The van der Waals surface area contributed by atoms with E-state index in [1.807, 2.05) is 11.0 Å². The van der Waals surface area contributed by atoms with Gasteiger partial charge in [-0.1, -0.05) is 13.0 Å². The highest BCUT2D eigenvalue weighted by atomic mass is 35.5. The maximum absolute atomic E-state index is 11.2. The molecule has 1 aromatic carbocycles. The molecule has 0 radical (unpaired) electrons. The number of hydrogen-bond donors (Lipinski definition) is 0. The quantitative estimate of drug-likeness (QED) is 0.484. The van der Waals surface area contributed by atoms with Crippen LogP contribution in [-0.2, 0) is 10.6 Å². The van der Waals surface area contributed by atoms with E-state index in [2.05, 4.69) is 6.92 Å². The molecule has 1 aromatic rings. The van der Waals surface area contributed by atoms with E-state index in [1.54, 1.807) is 12.1 Å². The van der Waals surface area contributed by atoms with Crippen LogP contribution in [0.3, 0.4) is 0 Å². The molecule has 1 heterocycles. The third-order valence-corrected chi connectivity index (χ3v) is 3.63. The first-order valence-corrected chi connectivity index (χ1v) is 6.89. The average Bonchev–Trinajstić information content (AvgIpc) is 2.46. The fraction of sp³-hybridized carbons (Fsp3) is 0.538. The van der Waals surface area contributed by atoms with Crippen LogP contribution in [0.15, 0.2) is 18.2 Å². The highest BCUT2D eigenvalue weighted by molar-refractivity contribution is 6.17. The van der Waals surface area contributed by atoms with Gasteiger partial charge in [0, 0.05) is 25.0 Å². The SMILES string of the molecule is CCC1CN(c2ccc(CCl)cc2[N+](=O)[O-])CCO1. The summed E-state index contributed by atoms with van der Waals surface area (Å²) in [5.41, 5.74) is 1.54. The minimum atomic E-state index is -0.345. The smallest absolute Gasteiger partial charge is 0.292 e. The van der Waals surface area contributed by atoms with Gasteiger partial charge in [0.2, 0.25) is 0 Å². The Morgan fingerprint density at radius 1 is 1.58 bits per heavy atom. The van der Waals surface area contributed by atoms with Crippen LogP contribution in [0.2, 0.25) is 0 Å². The van der Waals surface area contributed by atoms with Crippen molar-refractivity contribution in [3.8, 4) is 0 Å². The van der Waals surface area contributed by atoms with Crippen LogP contribution >= 0.6 is 11.6 Å². The van der Waals surface area contributed by atoms with Crippen molar-refractivity contribution in [3.05, 3.63) is 33.9 Å². The summed E-state index contributed by atoms with van der Waals surface area (Å²) in [4.78, 5) is 12.9. The average molecular weight is 285 g/mol. The number of morpholine rings is 1.